The van der Waals surface area contributed by atoms with E-state index in [1.807, 2.05) is 12.1 Å². The van der Waals surface area contributed by atoms with Crippen LogP contribution in [0.3, 0.4) is 0 Å². The normalized spacial score (nSPS) is 10.9. The summed E-state index contributed by atoms with van der Waals surface area (Å²) in [4.78, 5) is 20.0. The molecule has 5 aromatic rings. The molecule has 33 heavy (non-hydrogen) atoms. The highest BCUT2D eigenvalue weighted by Gasteiger charge is 2.13. The van der Waals surface area contributed by atoms with Gasteiger partial charge in [-0.25, -0.2) is 4.79 Å². The average Bonchev–Trinajstić information content (AvgIpc) is 2.82. The van der Waals surface area contributed by atoms with Crippen molar-refractivity contribution in [3.63, 3.8) is 0 Å². The van der Waals surface area contributed by atoms with Crippen molar-refractivity contribution in [1.29, 1.82) is 0 Å². The van der Waals surface area contributed by atoms with Gasteiger partial charge in [-0.2, -0.15) is 0 Å². The van der Waals surface area contributed by atoms with Gasteiger partial charge in [-0.15, -0.1) is 0 Å². The Balaban J connectivity index is 1.54. The molecule has 0 atom stereocenters. The van der Waals surface area contributed by atoms with E-state index >= 15 is 0 Å². The summed E-state index contributed by atoms with van der Waals surface area (Å²) in [5.74, 6) is 0.978. The lowest BCUT2D eigenvalue weighted by atomic mass is 10.1. The molecule has 0 spiro atoms. The third-order valence-electron chi connectivity index (χ3n) is 5.10. The lowest BCUT2D eigenvalue weighted by molar-refractivity contribution is 0.0697. The number of carboxylic acid groups (broad SMARTS) is 1. The number of anilines is 1. The zero-order chi connectivity index (χ0) is 22.9. The molecule has 0 aliphatic heterocycles. The van der Waals surface area contributed by atoms with Crippen LogP contribution in [0, 0.1) is 0 Å². The first kappa shape index (κ1) is 20.1. The van der Waals surface area contributed by atoms with Crippen molar-refractivity contribution in [2.45, 2.75) is 0 Å². The standard InChI is InChI=1S/C25H17N3O5/c26-19-8-5-16(13-20(19)29)33-22-10-12-28-24-18(22)7-6-17-21(9-11-27-23(17)24)32-15-3-1-14(2-4-15)25(30)31/h1-13,29H,26H2,(H,30,31). The predicted molar refractivity (Wildman–Crippen MR) is 123 cm³/mol. The third kappa shape index (κ3) is 3.81. The van der Waals surface area contributed by atoms with E-state index in [2.05, 4.69) is 9.97 Å². The van der Waals surface area contributed by atoms with Crippen LogP contribution in [0.4, 0.5) is 5.69 Å². The second-order valence-corrected chi connectivity index (χ2v) is 7.23. The van der Waals surface area contributed by atoms with Gasteiger partial charge in [0.1, 0.15) is 39.8 Å². The summed E-state index contributed by atoms with van der Waals surface area (Å²) in [6.07, 6.45) is 3.24. The molecule has 0 amide bonds. The molecule has 0 aliphatic carbocycles. The van der Waals surface area contributed by atoms with Crippen LogP contribution >= 0.6 is 0 Å². The Bertz CT molecular complexity index is 1520. The Kier molecular flexibility index (Phi) is 4.87. The highest BCUT2D eigenvalue weighted by molar-refractivity contribution is 6.06. The number of aromatic carboxylic acids is 1. The van der Waals surface area contributed by atoms with Gasteiger partial charge in [-0.05, 0) is 60.7 Å². The maximum Gasteiger partial charge on any atom is 0.335 e. The lowest BCUT2D eigenvalue weighted by Gasteiger charge is -2.12. The van der Waals surface area contributed by atoms with Gasteiger partial charge in [-0.1, -0.05) is 0 Å². The summed E-state index contributed by atoms with van der Waals surface area (Å²) in [5, 5.41) is 20.4. The van der Waals surface area contributed by atoms with Crippen LogP contribution < -0.4 is 15.2 Å². The van der Waals surface area contributed by atoms with E-state index in [1.54, 1.807) is 48.8 Å². The Morgan fingerprint density at radius 2 is 1.30 bits per heavy atom. The van der Waals surface area contributed by atoms with Crippen LogP contribution in [0.2, 0.25) is 0 Å². The van der Waals surface area contributed by atoms with Crippen molar-refractivity contribution in [2.75, 3.05) is 5.73 Å². The number of nitrogen functional groups attached to an aromatic ring is 1. The molecule has 2 aromatic heterocycles. The van der Waals surface area contributed by atoms with Gasteiger partial charge in [0, 0.05) is 29.2 Å². The Hall–Kier alpha value is -4.85. The van der Waals surface area contributed by atoms with Crippen LogP contribution in [-0.4, -0.2) is 26.2 Å². The number of phenolic OH excluding ortho intramolecular Hbond substituents is 1. The molecule has 0 fully saturated rings. The molecular formula is C25H17N3O5. The van der Waals surface area contributed by atoms with Crippen LogP contribution in [-0.2, 0) is 0 Å². The maximum atomic E-state index is 11.1. The van der Waals surface area contributed by atoms with Crippen LogP contribution in [0.5, 0.6) is 28.7 Å². The summed E-state index contributed by atoms with van der Waals surface area (Å²) in [6, 6.07) is 18.0. The lowest BCUT2D eigenvalue weighted by Crippen LogP contribution is -1.95. The molecule has 4 N–H and O–H groups in total. The molecule has 8 nitrogen and oxygen atoms in total. The van der Waals surface area contributed by atoms with E-state index in [-0.39, 0.29) is 17.0 Å². The first-order valence-electron chi connectivity index (χ1n) is 9.93. The fraction of sp³-hybridized carbons (Fsp3) is 0. The van der Waals surface area contributed by atoms with E-state index in [1.165, 1.54) is 18.2 Å². The third-order valence-corrected chi connectivity index (χ3v) is 5.10. The molecule has 0 saturated carbocycles. The first-order chi connectivity index (χ1) is 16.0. The molecular weight excluding hydrogens is 422 g/mol. The second-order valence-electron chi connectivity index (χ2n) is 7.23. The van der Waals surface area contributed by atoms with Crippen molar-refractivity contribution in [1.82, 2.24) is 9.97 Å². The largest absolute Gasteiger partial charge is 0.506 e. The minimum atomic E-state index is -0.999. The molecule has 5 rings (SSSR count). The molecule has 162 valence electrons. The number of hydrogen-bond acceptors (Lipinski definition) is 7. The zero-order valence-electron chi connectivity index (χ0n) is 17.1. The Morgan fingerprint density at radius 1 is 0.758 bits per heavy atom. The zero-order valence-corrected chi connectivity index (χ0v) is 17.1. The maximum absolute atomic E-state index is 11.1. The molecule has 3 aromatic carbocycles. The van der Waals surface area contributed by atoms with Crippen molar-refractivity contribution < 1.29 is 24.5 Å². The molecule has 0 radical (unpaired) electrons. The quantitative estimate of drug-likeness (QED) is 0.190. The minimum Gasteiger partial charge on any atom is -0.506 e. The van der Waals surface area contributed by atoms with Gasteiger partial charge in [0.05, 0.1) is 11.3 Å². The number of pyridine rings is 2. The van der Waals surface area contributed by atoms with E-state index in [0.717, 1.165) is 10.8 Å². The van der Waals surface area contributed by atoms with E-state index in [0.29, 0.717) is 34.0 Å². The van der Waals surface area contributed by atoms with Gasteiger partial charge >= 0.3 is 5.97 Å². The van der Waals surface area contributed by atoms with Gasteiger partial charge in [0.2, 0.25) is 0 Å². The van der Waals surface area contributed by atoms with Gasteiger partial charge in [0.25, 0.3) is 0 Å². The summed E-state index contributed by atoms with van der Waals surface area (Å²) < 4.78 is 12.0. The summed E-state index contributed by atoms with van der Waals surface area (Å²) >= 11 is 0. The predicted octanol–water partition coefficient (Wildman–Crippen LogP) is 5.35. The van der Waals surface area contributed by atoms with E-state index in [9.17, 15) is 9.90 Å². The highest BCUT2D eigenvalue weighted by atomic mass is 16.5. The fourth-order valence-corrected chi connectivity index (χ4v) is 3.46. The number of aromatic hydroxyl groups is 1. The first-order valence-corrected chi connectivity index (χ1v) is 9.93. The molecule has 0 unspecified atom stereocenters. The Labute approximate surface area is 187 Å². The number of hydrogen-bond donors (Lipinski definition) is 3. The van der Waals surface area contributed by atoms with Gasteiger partial charge < -0.3 is 25.4 Å². The number of phenols is 1. The number of nitrogens with two attached hydrogens (primary N) is 1. The molecule has 0 aliphatic rings. The number of nitrogens with zero attached hydrogens (tertiary/aromatic N) is 2. The monoisotopic (exact) mass is 439 g/mol. The summed E-state index contributed by atoms with van der Waals surface area (Å²) in [6.45, 7) is 0. The molecule has 2 heterocycles. The van der Waals surface area contributed by atoms with Crippen LogP contribution in [0.1, 0.15) is 10.4 Å². The number of benzene rings is 3. The van der Waals surface area contributed by atoms with Crippen LogP contribution in [0.15, 0.2) is 79.1 Å². The van der Waals surface area contributed by atoms with Crippen molar-refractivity contribution in [2.24, 2.45) is 0 Å². The van der Waals surface area contributed by atoms with Crippen molar-refractivity contribution in [3.8, 4) is 28.7 Å². The summed E-state index contributed by atoms with van der Waals surface area (Å²) in [5.41, 5.74) is 7.35. The molecule has 0 bridgehead atoms. The number of rotatable bonds is 5. The average molecular weight is 439 g/mol. The van der Waals surface area contributed by atoms with Crippen LogP contribution in [0.25, 0.3) is 21.8 Å². The van der Waals surface area contributed by atoms with Crippen molar-refractivity contribution >= 4 is 33.5 Å². The smallest absolute Gasteiger partial charge is 0.335 e. The summed E-state index contributed by atoms with van der Waals surface area (Å²) in [7, 11) is 0. The van der Waals surface area contributed by atoms with E-state index < -0.39 is 5.97 Å². The second kappa shape index (κ2) is 8.01. The number of fused-ring (bicyclic) bond motifs is 3. The van der Waals surface area contributed by atoms with Gasteiger partial charge in [-0.3, -0.25) is 9.97 Å². The highest BCUT2D eigenvalue weighted by Crippen LogP contribution is 2.37. The molecule has 8 heteroatoms. The fourth-order valence-electron chi connectivity index (χ4n) is 3.46. The number of ether oxygens (including phenoxy) is 2. The van der Waals surface area contributed by atoms with Gasteiger partial charge in [0.15, 0.2) is 0 Å². The SMILES string of the molecule is Nc1ccc(Oc2ccnc3c2ccc2c(Oc4ccc(C(=O)O)cc4)ccnc23)cc1O. The number of carboxylic acids is 1. The minimum absolute atomic E-state index is 0.0591. The Morgan fingerprint density at radius 3 is 1.85 bits per heavy atom. The van der Waals surface area contributed by atoms with Crippen molar-refractivity contribution in [3.05, 3.63) is 84.7 Å². The topological polar surface area (TPSA) is 128 Å². The molecule has 0 saturated heterocycles. The number of carbonyl (C=O) groups is 1. The number of aromatic nitrogens is 2. The van der Waals surface area contributed by atoms with E-state index in [4.69, 9.17) is 20.3 Å².